The molecular weight excluding hydrogens is 278 g/mol. The van der Waals surface area contributed by atoms with Crippen LogP contribution in [0.2, 0.25) is 0 Å². The average Bonchev–Trinajstić information content (AvgIpc) is 2.55. The van der Waals surface area contributed by atoms with E-state index in [-0.39, 0.29) is 11.7 Å². The van der Waals surface area contributed by atoms with Crippen LogP contribution in [0.3, 0.4) is 0 Å². The number of nitrogens with zero attached hydrogens (tertiary/aromatic N) is 3. The van der Waals surface area contributed by atoms with E-state index in [0.717, 1.165) is 38.0 Å². The van der Waals surface area contributed by atoms with Gasteiger partial charge in [-0.05, 0) is 50.9 Å². The van der Waals surface area contributed by atoms with E-state index in [1.165, 1.54) is 0 Å². The van der Waals surface area contributed by atoms with Gasteiger partial charge in [0.05, 0.1) is 23.3 Å². The molecule has 1 aliphatic heterocycles. The number of piperidine rings is 1. The lowest BCUT2D eigenvalue weighted by molar-refractivity contribution is 0.0707. The van der Waals surface area contributed by atoms with Gasteiger partial charge in [-0.3, -0.25) is 9.36 Å². The highest BCUT2D eigenvalue weighted by Crippen LogP contribution is 2.20. The van der Waals surface area contributed by atoms with Crippen molar-refractivity contribution < 1.29 is 5.11 Å². The van der Waals surface area contributed by atoms with Gasteiger partial charge in [-0.15, -0.1) is 0 Å². The first-order valence-corrected chi connectivity index (χ1v) is 8.00. The number of para-hydroxylation sites is 1. The van der Waals surface area contributed by atoms with Crippen molar-refractivity contribution in [2.24, 2.45) is 5.92 Å². The molecule has 118 valence electrons. The van der Waals surface area contributed by atoms with Gasteiger partial charge >= 0.3 is 0 Å². The van der Waals surface area contributed by atoms with Gasteiger partial charge in [-0.25, -0.2) is 4.98 Å². The Labute approximate surface area is 130 Å². The van der Waals surface area contributed by atoms with Gasteiger partial charge in [0.25, 0.3) is 5.56 Å². The summed E-state index contributed by atoms with van der Waals surface area (Å²) in [5, 5.41) is 10.3. The average molecular weight is 301 g/mol. The maximum Gasteiger partial charge on any atom is 0.261 e. The van der Waals surface area contributed by atoms with Gasteiger partial charge in [0, 0.05) is 13.1 Å². The number of hydrogen-bond acceptors (Lipinski definition) is 4. The third-order valence-corrected chi connectivity index (χ3v) is 4.70. The zero-order chi connectivity index (χ0) is 15.5. The van der Waals surface area contributed by atoms with Gasteiger partial charge in [0.15, 0.2) is 0 Å². The maximum atomic E-state index is 12.4. The van der Waals surface area contributed by atoms with Crippen LogP contribution >= 0.6 is 0 Å². The third kappa shape index (κ3) is 3.20. The van der Waals surface area contributed by atoms with Gasteiger partial charge in [0.1, 0.15) is 0 Å². The number of likely N-dealkylation sites (tertiary alicyclic amines) is 1. The molecule has 0 aliphatic carbocycles. The first kappa shape index (κ1) is 15.2. The Morgan fingerprint density at radius 2 is 2.00 bits per heavy atom. The molecule has 1 atom stereocenters. The summed E-state index contributed by atoms with van der Waals surface area (Å²) in [6.45, 7) is 5.37. The molecule has 0 radical (unpaired) electrons. The molecule has 1 aromatic heterocycles. The molecule has 0 spiro atoms. The summed E-state index contributed by atoms with van der Waals surface area (Å²) < 4.78 is 1.70. The molecule has 1 unspecified atom stereocenters. The first-order chi connectivity index (χ1) is 10.6. The quantitative estimate of drug-likeness (QED) is 0.929. The molecule has 2 heterocycles. The van der Waals surface area contributed by atoms with Crippen molar-refractivity contribution in [3.8, 4) is 0 Å². The van der Waals surface area contributed by atoms with Crippen LogP contribution in [0.5, 0.6) is 0 Å². The summed E-state index contributed by atoms with van der Waals surface area (Å²) in [6, 6.07) is 7.46. The molecule has 5 heteroatoms. The van der Waals surface area contributed by atoms with Crippen LogP contribution in [-0.2, 0) is 6.54 Å². The normalized spacial score (nSPS) is 18.6. The van der Waals surface area contributed by atoms with Crippen LogP contribution in [0.25, 0.3) is 10.9 Å². The number of aliphatic hydroxyl groups is 1. The number of aliphatic hydroxyl groups excluding tert-OH is 1. The molecule has 5 nitrogen and oxygen atoms in total. The third-order valence-electron chi connectivity index (χ3n) is 4.70. The molecule has 1 aliphatic rings. The second-order valence-electron chi connectivity index (χ2n) is 6.18. The van der Waals surface area contributed by atoms with E-state index in [2.05, 4.69) is 9.88 Å². The largest absolute Gasteiger partial charge is 0.393 e. The van der Waals surface area contributed by atoms with E-state index in [0.29, 0.717) is 17.8 Å². The molecule has 1 saturated heterocycles. The van der Waals surface area contributed by atoms with Crippen molar-refractivity contribution in [1.82, 2.24) is 14.5 Å². The summed E-state index contributed by atoms with van der Waals surface area (Å²) in [4.78, 5) is 19.1. The van der Waals surface area contributed by atoms with E-state index in [1.807, 2.05) is 31.2 Å². The fourth-order valence-electron chi connectivity index (χ4n) is 3.17. The fraction of sp³-hybridized carbons (Fsp3) is 0.529. The zero-order valence-corrected chi connectivity index (χ0v) is 13.0. The summed E-state index contributed by atoms with van der Waals surface area (Å²) in [7, 11) is 0. The van der Waals surface area contributed by atoms with E-state index >= 15 is 0 Å². The molecular formula is C17H23N3O2. The van der Waals surface area contributed by atoms with Crippen LogP contribution in [0.15, 0.2) is 35.4 Å². The van der Waals surface area contributed by atoms with Crippen LogP contribution in [-0.4, -0.2) is 45.3 Å². The Balaban J connectivity index is 1.63. The summed E-state index contributed by atoms with van der Waals surface area (Å²) in [6.07, 6.45) is 3.49. The Kier molecular flexibility index (Phi) is 4.55. The molecule has 0 saturated carbocycles. The van der Waals surface area contributed by atoms with Crippen molar-refractivity contribution in [3.05, 3.63) is 40.9 Å². The van der Waals surface area contributed by atoms with Crippen LogP contribution in [0, 0.1) is 5.92 Å². The van der Waals surface area contributed by atoms with Crippen molar-refractivity contribution in [2.75, 3.05) is 19.6 Å². The zero-order valence-electron chi connectivity index (χ0n) is 13.0. The first-order valence-electron chi connectivity index (χ1n) is 8.00. The van der Waals surface area contributed by atoms with Crippen LogP contribution in [0.4, 0.5) is 0 Å². The van der Waals surface area contributed by atoms with Crippen molar-refractivity contribution >= 4 is 10.9 Å². The number of benzene rings is 1. The highest BCUT2D eigenvalue weighted by molar-refractivity contribution is 5.76. The van der Waals surface area contributed by atoms with Crippen molar-refractivity contribution in [3.63, 3.8) is 0 Å². The second kappa shape index (κ2) is 6.58. The minimum atomic E-state index is -0.213. The van der Waals surface area contributed by atoms with E-state index < -0.39 is 0 Å². The highest BCUT2D eigenvalue weighted by atomic mass is 16.3. The predicted octanol–water partition coefficient (Wildman–Crippen LogP) is 1.49. The molecule has 1 N–H and O–H groups in total. The van der Waals surface area contributed by atoms with Crippen LogP contribution < -0.4 is 5.56 Å². The van der Waals surface area contributed by atoms with Crippen LogP contribution in [0.1, 0.15) is 19.8 Å². The second-order valence-corrected chi connectivity index (χ2v) is 6.18. The maximum absolute atomic E-state index is 12.4. The molecule has 22 heavy (non-hydrogen) atoms. The Hall–Kier alpha value is -1.72. The highest BCUT2D eigenvalue weighted by Gasteiger charge is 2.22. The fourth-order valence-corrected chi connectivity index (χ4v) is 3.17. The molecule has 2 aromatic rings. The van der Waals surface area contributed by atoms with Crippen molar-refractivity contribution in [2.45, 2.75) is 32.4 Å². The molecule has 0 amide bonds. The summed E-state index contributed by atoms with van der Waals surface area (Å²) >= 11 is 0. The van der Waals surface area contributed by atoms with Gasteiger partial charge < -0.3 is 10.0 Å². The van der Waals surface area contributed by atoms with E-state index in [1.54, 1.807) is 10.9 Å². The topological polar surface area (TPSA) is 58.4 Å². The number of rotatable bonds is 4. The van der Waals surface area contributed by atoms with Gasteiger partial charge in [-0.2, -0.15) is 0 Å². The monoisotopic (exact) mass is 301 g/mol. The lowest BCUT2D eigenvalue weighted by atomic mass is 9.92. The molecule has 1 fully saturated rings. The Bertz CT molecular complexity index is 688. The number of aromatic nitrogens is 2. The Morgan fingerprint density at radius 3 is 2.73 bits per heavy atom. The smallest absolute Gasteiger partial charge is 0.261 e. The number of hydrogen-bond donors (Lipinski definition) is 1. The minimum absolute atomic E-state index is 0.0319. The van der Waals surface area contributed by atoms with Gasteiger partial charge in [-0.1, -0.05) is 12.1 Å². The van der Waals surface area contributed by atoms with Crippen molar-refractivity contribution in [1.29, 1.82) is 0 Å². The van der Waals surface area contributed by atoms with Gasteiger partial charge in [0.2, 0.25) is 0 Å². The van der Waals surface area contributed by atoms with E-state index in [4.69, 9.17) is 0 Å². The Morgan fingerprint density at radius 1 is 1.27 bits per heavy atom. The predicted molar refractivity (Wildman–Crippen MR) is 86.8 cm³/mol. The summed E-state index contributed by atoms with van der Waals surface area (Å²) in [5.74, 6) is 0.418. The molecule has 3 rings (SSSR count). The molecule has 1 aromatic carbocycles. The summed E-state index contributed by atoms with van der Waals surface area (Å²) in [5.41, 5.74) is 0.783. The standard InChI is InChI=1S/C17H23N3O2/c1-13(21)14-6-8-19(9-7-14)10-11-20-12-18-16-5-3-2-4-15(16)17(20)22/h2-5,12-14,21H,6-11H2,1H3. The number of fused-ring (bicyclic) bond motifs is 1. The minimum Gasteiger partial charge on any atom is -0.393 e. The molecule has 0 bridgehead atoms. The SMILES string of the molecule is CC(O)C1CCN(CCn2cnc3ccccc3c2=O)CC1. The van der Waals surface area contributed by atoms with E-state index in [9.17, 15) is 9.90 Å². The lowest BCUT2D eigenvalue weighted by Gasteiger charge is -2.33. The lowest BCUT2D eigenvalue weighted by Crippen LogP contribution is -2.39.